The molecular formula is C14H17Cl2N3. The Morgan fingerprint density at radius 3 is 2.84 bits per heavy atom. The van der Waals surface area contributed by atoms with Gasteiger partial charge >= 0.3 is 0 Å². The van der Waals surface area contributed by atoms with Crippen molar-refractivity contribution in [3.63, 3.8) is 0 Å². The minimum absolute atomic E-state index is 0.520. The van der Waals surface area contributed by atoms with Crippen molar-refractivity contribution in [3.05, 3.63) is 40.1 Å². The molecule has 0 unspecified atom stereocenters. The first-order chi connectivity index (χ1) is 9.11. The van der Waals surface area contributed by atoms with Crippen molar-refractivity contribution in [2.45, 2.75) is 33.2 Å². The van der Waals surface area contributed by atoms with E-state index in [0.717, 1.165) is 36.7 Å². The second-order valence-corrected chi connectivity index (χ2v) is 5.26. The molecule has 102 valence electrons. The molecule has 2 aromatic rings. The molecule has 3 nitrogen and oxygen atoms in total. The third-order valence-electron chi connectivity index (χ3n) is 2.85. The average Bonchev–Trinajstić information content (AvgIpc) is 2.73. The summed E-state index contributed by atoms with van der Waals surface area (Å²) in [5.74, 6) is 0.801. The van der Waals surface area contributed by atoms with Crippen LogP contribution in [0.1, 0.15) is 25.5 Å². The van der Waals surface area contributed by atoms with E-state index >= 15 is 0 Å². The molecule has 1 N–H and O–H groups in total. The molecule has 1 heterocycles. The van der Waals surface area contributed by atoms with Gasteiger partial charge in [-0.15, -0.1) is 0 Å². The van der Waals surface area contributed by atoms with E-state index < -0.39 is 0 Å². The van der Waals surface area contributed by atoms with Gasteiger partial charge in [0.15, 0.2) is 0 Å². The number of anilines is 2. The van der Waals surface area contributed by atoms with Gasteiger partial charge in [-0.1, -0.05) is 42.6 Å². The third kappa shape index (κ3) is 3.43. The summed E-state index contributed by atoms with van der Waals surface area (Å²) in [6, 6.07) is 5.52. The van der Waals surface area contributed by atoms with Crippen LogP contribution in [0.3, 0.4) is 0 Å². The van der Waals surface area contributed by atoms with Crippen molar-refractivity contribution in [2.75, 3.05) is 5.32 Å². The maximum absolute atomic E-state index is 6.18. The van der Waals surface area contributed by atoms with E-state index in [-0.39, 0.29) is 0 Å². The molecule has 0 fully saturated rings. The largest absolute Gasteiger partial charge is 0.324 e. The van der Waals surface area contributed by atoms with E-state index in [4.69, 9.17) is 23.2 Å². The lowest BCUT2D eigenvalue weighted by atomic mass is 10.3. The second-order valence-electron chi connectivity index (χ2n) is 4.48. The van der Waals surface area contributed by atoms with Gasteiger partial charge in [0.2, 0.25) is 5.95 Å². The molecule has 0 aliphatic carbocycles. The Balaban J connectivity index is 2.25. The van der Waals surface area contributed by atoms with Crippen LogP contribution in [-0.4, -0.2) is 9.55 Å². The lowest BCUT2D eigenvalue weighted by Crippen LogP contribution is -2.03. The first-order valence-electron chi connectivity index (χ1n) is 6.36. The molecule has 19 heavy (non-hydrogen) atoms. The van der Waals surface area contributed by atoms with Crippen LogP contribution >= 0.6 is 23.2 Å². The highest BCUT2D eigenvalue weighted by Gasteiger charge is 2.09. The van der Waals surface area contributed by atoms with Crippen LogP contribution in [0.4, 0.5) is 11.6 Å². The zero-order valence-corrected chi connectivity index (χ0v) is 12.6. The van der Waals surface area contributed by atoms with Gasteiger partial charge in [-0.25, -0.2) is 4.98 Å². The molecule has 0 saturated carbocycles. The summed E-state index contributed by atoms with van der Waals surface area (Å²) in [6.45, 7) is 5.09. The molecule has 0 radical (unpaired) electrons. The van der Waals surface area contributed by atoms with Gasteiger partial charge in [0, 0.05) is 12.7 Å². The molecule has 2 rings (SSSR count). The molecule has 0 amide bonds. The van der Waals surface area contributed by atoms with E-state index in [1.807, 2.05) is 25.3 Å². The normalized spacial score (nSPS) is 10.7. The summed E-state index contributed by atoms with van der Waals surface area (Å²) >= 11 is 12.2. The van der Waals surface area contributed by atoms with Gasteiger partial charge in [0.1, 0.15) is 0 Å². The Morgan fingerprint density at radius 2 is 2.11 bits per heavy atom. The van der Waals surface area contributed by atoms with Crippen LogP contribution in [0.2, 0.25) is 10.0 Å². The Labute approximate surface area is 123 Å². The Morgan fingerprint density at radius 1 is 1.32 bits per heavy atom. The number of halogens is 2. The van der Waals surface area contributed by atoms with E-state index in [0.29, 0.717) is 10.0 Å². The van der Waals surface area contributed by atoms with Crippen LogP contribution in [-0.2, 0) is 6.54 Å². The molecule has 1 aromatic heterocycles. The fraction of sp³-hybridized carbons (Fsp3) is 0.357. The van der Waals surface area contributed by atoms with E-state index in [2.05, 4.69) is 21.8 Å². The summed E-state index contributed by atoms with van der Waals surface area (Å²) in [5, 5.41) is 4.30. The van der Waals surface area contributed by atoms with Crippen LogP contribution < -0.4 is 5.32 Å². The van der Waals surface area contributed by atoms with E-state index in [9.17, 15) is 0 Å². The van der Waals surface area contributed by atoms with E-state index in [1.54, 1.807) is 6.07 Å². The average molecular weight is 298 g/mol. The highest BCUT2D eigenvalue weighted by atomic mass is 35.5. The number of hydrogen-bond acceptors (Lipinski definition) is 2. The first kappa shape index (κ1) is 14.2. The first-order valence-corrected chi connectivity index (χ1v) is 7.12. The molecule has 0 spiro atoms. The number of nitrogens with zero attached hydrogens (tertiary/aromatic N) is 2. The number of unbranched alkanes of at least 4 members (excludes halogenated alkanes) is 1. The smallest absolute Gasteiger partial charge is 0.207 e. The van der Waals surface area contributed by atoms with Gasteiger partial charge < -0.3 is 9.88 Å². The number of hydrogen-bond donors (Lipinski definition) is 1. The molecular weight excluding hydrogens is 281 g/mol. The summed E-state index contributed by atoms with van der Waals surface area (Å²) in [4.78, 5) is 4.48. The van der Waals surface area contributed by atoms with Crippen LogP contribution in [0.15, 0.2) is 24.4 Å². The standard InChI is InChI=1S/C14H17Cl2N3/c1-3-4-8-19-9-10(2)17-14(19)18-12-7-5-6-11(15)13(12)16/h5-7,9H,3-4,8H2,1-2H3,(H,17,18). The number of imidazole rings is 1. The second kappa shape index (κ2) is 6.31. The zero-order chi connectivity index (χ0) is 13.8. The lowest BCUT2D eigenvalue weighted by molar-refractivity contribution is 0.637. The van der Waals surface area contributed by atoms with Gasteiger partial charge in [-0.3, -0.25) is 0 Å². The fourth-order valence-electron chi connectivity index (χ4n) is 1.87. The van der Waals surface area contributed by atoms with Crippen molar-refractivity contribution in [2.24, 2.45) is 0 Å². The summed E-state index contributed by atoms with van der Waals surface area (Å²) < 4.78 is 2.11. The number of benzene rings is 1. The quantitative estimate of drug-likeness (QED) is 0.837. The van der Waals surface area contributed by atoms with Gasteiger partial charge in [0.05, 0.1) is 21.4 Å². The number of rotatable bonds is 5. The molecule has 5 heteroatoms. The highest BCUT2D eigenvalue weighted by molar-refractivity contribution is 6.43. The van der Waals surface area contributed by atoms with Crippen molar-refractivity contribution in [1.29, 1.82) is 0 Å². The monoisotopic (exact) mass is 297 g/mol. The molecule has 0 bridgehead atoms. The predicted octanol–water partition coefficient (Wildman–Crippen LogP) is 5.04. The molecule has 0 aliphatic heterocycles. The Kier molecular flexibility index (Phi) is 4.72. The van der Waals surface area contributed by atoms with Crippen molar-refractivity contribution in [3.8, 4) is 0 Å². The predicted molar refractivity (Wildman–Crippen MR) is 81.6 cm³/mol. The number of aryl methyl sites for hydroxylation is 2. The Bertz CT molecular complexity index is 564. The van der Waals surface area contributed by atoms with Crippen molar-refractivity contribution < 1.29 is 0 Å². The maximum Gasteiger partial charge on any atom is 0.207 e. The van der Waals surface area contributed by atoms with Gasteiger partial charge in [0.25, 0.3) is 0 Å². The van der Waals surface area contributed by atoms with Crippen molar-refractivity contribution >= 4 is 34.8 Å². The number of aromatic nitrogens is 2. The molecule has 0 aliphatic rings. The third-order valence-corrected chi connectivity index (χ3v) is 3.67. The SMILES string of the molecule is CCCCn1cc(C)nc1Nc1cccc(Cl)c1Cl. The van der Waals surface area contributed by atoms with Crippen LogP contribution in [0.25, 0.3) is 0 Å². The van der Waals surface area contributed by atoms with Gasteiger partial charge in [-0.05, 0) is 25.5 Å². The van der Waals surface area contributed by atoms with E-state index in [1.165, 1.54) is 0 Å². The van der Waals surface area contributed by atoms with Gasteiger partial charge in [-0.2, -0.15) is 0 Å². The summed E-state index contributed by atoms with van der Waals surface area (Å²) in [6.07, 6.45) is 4.30. The summed E-state index contributed by atoms with van der Waals surface area (Å²) in [7, 11) is 0. The maximum atomic E-state index is 6.18. The fourth-order valence-corrected chi connectivity index (χ4v) is 2.21. The molecule has 0 atom stereocenters. The van der Waals surface area contributed by atoms with Crippen molar-refractivity contribution in [1.82, 2.24) is 9.55 Å². The Hall–Kier alpha value is -1.19. The molecule has 0 saturated heterocycles. The highest BCUT2D eigenvalue weighted by Crippen LogP contribution is 2.31. The zero-order valence-electron chi connectivity index (χ0n) is 11.1. The van der Waals surface area contributed by atoms with Crippen LogP contribution in [0.5, 0.6) is 0 Å². The topological polar surface area (TPSA) is 29.9 Å². The molecule has 1 aromatic carbocycles. The van der Waals surface area contributed by atoms with Crippen LogP contribution in [0, 0.1) is 6.92 Å². The number of nitrogens with one attached hydrogen (secondary N) is 1. The minimum Gasteiger partial charge on any atom is -0.324 e. The summed E-state index contributed by atoms with van der Waals surface area (Å²) in [5.41, 5.74) is 1.76. The lowest BCUT2D eigenvalue weighted by Gasteiger charge is -2.11. The minimum atomic E-state index is 0.520.